The maximum absolute atomic E-state index is 11.3. The molecule has 0 saturated carbocycles. The van der Waals surface area contributed by atoms with Crippen LogP contribution in [0.25, 0.3) is 0 Å². The molecule has 1 aromatic carbocycles. The summed E-state index contributed by atoms with van der Waals surface area (Å²) in [5.74, 6) is 1.49. The van der Waals surface area contributed by atoms with Crippen LogP contribution in [0.4, 0.5) is 5.69 Å². The molecule has 1 aromatic heterocycles. The van der Waals surface area contributed by atoms with Crippen LogP contribution in [0.5, 0.6) is 5.75 Å². The van der Waals surface area contributed by atoms with E-state index in [4.69, 9.17) is 9.15 Å². The second-order valence-electron chi connectivity index (χ2n) is 4.77. The molecular formula is C15H16N2O3. The van der Waals surface area contributed by atoms with Gasteiger partial charge in [0.25, 0.3) is 5.91 Å². The summed E-state index contributed by atoms with van der Waals surface area (Å²) in [5.41, 5.74) is 1.81. The van der Waals surface area contributed by atoms with Crippen LogP contribution in [0.15, 0.2) is 41.0 Å². The quantitative estimate of drug-likeness (QED) is 0.897. The van der Waals surface area contributed by atoms with E-state index < -0.39 is 0 Å². The Morgan fingerprint density at radius 2 is 2.30 bits per heavy atom. The van der Waals surface area contributed by atoms with Crippen LogP contribution >= 0.6 is 0 Å². The van der Waals surface area contributed by atoms with Gasteiger partial charge in [0.2, 0.25) is 0 Å². The summed E-state index contributed by atoms with van der Waals surface area (Å²) in [6.07, 6.45) is 1.66. The zero-order valence-electron chi connectivity index (χ0n) is 11.2. The van der Waals surface area contributed by atoms with Gasteiger partial charge in [-0.2, -0.15) is 0 Å². The fourth-order valence-electron chi connectivity index (χ4n) is 2.15. The average molecular weight is 272 g/mol. The molecule has 0 saturated heterocycles. The minimum absolute atomic E-state index is 0.0820. The van der Waals surface area contributed by atoms with E-state index in [1.807, 2.05) is 30.3 Å². The summed E-state index contributed by atoms with van der Waals surface area (Å²) in [4.78, 5) is 11.3. The summed E-state index contributed by atoms with van der Waals surface area (Å²) in [7, 11) is 0. The maximum atomic E-state index is 11.3. The Labute approximate surface area is 116 Å². The van der Waals surface area contributed by atoms with Crippen LogP contribution in [0.2, 0.25) is 0 Å². The first-order valence-electron chi connectivity index (χ1n) is 6.55. The fourth-order valence-corrected chi connectivity index (χ4v) is 2.15. The van der Waals surface area contributed by atoms with Gasteiger partial charge in [-0.15, -0.1) is 0 Å². The number of ether oxygens (including phenoxy) is 1. The van der Waals surface area contributed by atoms with Crippen LogP contribution in [0, 0.1) is 0 Å². The van der Waals surface area contributed by atoms with Crippen molar-refractivity contribution in [1.82, 2.24) is 5.32 Å². The van der Waals surface area contributed by atoms with Crippen molar-refractivity contribution >= 4 is 11.6 Å². The molecule has 5 heteroatoms. The largest absolute Gasteiger partial charge is 0.482 e. The zero-order valence-corrected chi connectivity index (χ0v) is 11.2. The Kier molecular flexibility index (Phi) is 3.43. The average Bonchev–Trinajstić information content (AvgIpc) is 2.97. The van der Waals surface area contributed by atoms with Gasteiger partial charge in [0, 0.05) is 6.04 Å². The van der Waals surface area contributed by atoms with Gasteiger partial charge in [0.05, 0.1) is 18.5 Å². The van der Waals surface area contributed by atoms with Gasteiger partial charge in [-0.05, 0) is 36.8 Å². The van der Waals surface area contributed by atoms with Crippen molar-refractivity contribution in [3.63, 3.8) is 0 Å². The Morgan fingerprint density at radius 3 is 3.10 bits per heavy atom. The van der Waals surface area contributed by atoms with Crippen molar-refractivity contribution in [3.05, 3.63) is 47.9 Å². The number of hydrogen-bond donors (Lipinski definition) is 2. The topological polar surface area (TPSA) is 63.5 Å². The lowest BCUT2D eigenvalue weighted by Crippen LogP contribution is -2.26. The number of rotatable bonds is 4. The van der Waals surface area contributed by atoms with Crippen molar-refractivity contribution in [3.8, 4) is 5.75 Å². The molecular weight excluding hydrogens is 256 g/mol. The molecule has 20 heavy (non-hydrogen) atoms. The number of fused-ring (bicyclic) bond motifs is 1. The molecule has 0 fully saturated rings. The minimum atomic E-state index is -0.120. The summed E-state index contributed by atoms with van der Waals surface area (Å²) in [6, 6.07) is 9.76. The Hall–Kier alpha value is -2.27. The Morgan fingerprint density at radius 1 is 1.40 bits per heavy atom. The summed E-state index contributed by atoms with van der Waals surface area (Å²) < 4.78 is 10.6. The van der Waals surface area contributed by atoms with Gasteiger partial charge >= 0.3 is 0 Å². The second kappa shape index (κ2) is 5.38. The molecule has 2 aromatic rings. The first-order chi connectivity index (χ1) is 9.72. The highest BCUT2D eigenvalue weighted by Gasteiger charge is 2.17. The summed E-state index contributed by atoms with van der Waals surface area (Å²) in [6.45, 7) is 2.81. The lowest BCUT2D eigenvalue weighted by molar-refractivity contribution is -0.118. The molecule has 1 amide bonds. The van der Waals surface area contributed by atoms with E-state index in [-0.39, 0.29) is 18.6 Å². The number of carbonyl (C=O) groups excluding carboxylic acids is 1. The predicted octanol–water partition coefficient (Wildman–Crippen LogP) is 2.46. The summed E-state index contributed by atoms with van der Waals surface area (Å²) in [5, 5.41) is 6.19. The number of anilines is 1. The van der Waals surface area contributed by atoms with Crippen molar-refractivity contribution in [2.45, 2.75) is 19.5 Å². The first-order valence-corrected chi connectivity index (χ1v) is 6.55. The third-order valence-corrected chi connectivity index (χ3v) is 3.30. The molecule has 1 unspecified atom stereocenters. The van der Waals surface area contributed by atoms with E-state index in [9.17, 15) is 4.79 Å². The van der Waals surface area contributed by atoms with Crippen molar-refractivity contribution in [1.29, 1.82) is 0 Å². The number of amides is 1. The number of furan rings is 1. The van der Waals surface area contributed by atoms with Gasteiger partial charge in [-0.25, -0.2) is 0 Å². The highest BCUT2D eigenvalue weighted by atomic mass is 16.5. The van der Waals surface area contributed by atoms with E-state index in [2.05, 4.69) is 17.6 Å². The molecule has 1 atom stereocenters. The zero-order chi connectivity index (χ0) is 13.9. The van der Waals surface area contributed by atoms with Gasteiger partial charge in [0.15, 0.2) is 6.61 Å². The SMILES string of the molecule is CC(NCc1ccco1)c1ccc2c(c1)NC(=O)CO2. The lowest BCUT2D eigenvalue weighted by atomic mass is 10.1. The van der Waals surface area contributed by atoms with E-state index in [0.29, 0.717) is 12.3 Å². The monoisotopic (exact) mass is 272 g/mol. The van der Waals surface area contributed by atoms with E-state index in [0.717, 1.165) is 17.0 Å². The molecule has 3 rings (SSSR count). The van der Waals surface area contributed by atoms with Gasteiger partial charge in [-0.1, -0.05) is 6.07 Å². The molecule has 5 nitrogen and oxygen atoms in total. The molecule has 1 aliphatic heterocycles. The number of benzene rings is 1. The van der Waals surface area contributed by atoms with Crippen LogP contribution in [-0.2, 0) is 11.3 Å². The highest BCUT2D eigenvalue weighted by molar-refractivity contribution is 5.95. The maximum Gasteiger partial charge on any atom is 0.262 e. The van der Waals surface area contributed by atoms with Crippen LogP contribution in [0.3, 0.4) is 0 Å². The molecule has 2 N–H and O–H groups in total. The fraction of sp³-hybridized carbons (Fsp3) is 0.267. The molecule has 1 aliphatic rings. The van der Waals surface area contributed by atoms with Crippen molar-refractivity contribution in [2.75, 3.05) is 11.9 Å². The molecule has 2 heterocycles. The first kappa shape index (κ1) is 12.7. The van der Waals surface area contributed by atoms with Crippen LogP contribution < -0.4 is 15.4 Å². The number of hydrogen-bond acceptors (Lipinski definition) is 4. The molecule has 104 valence electrons. The predicted molar refractivity (Wildman–Crippen MR) is 74.5 cm³/mol. The van der Waals surface area contributed by atoms with Gasteiger partial charge in [-0.3, -0.25) is 4.79 Å². The second-order valence-corrected chi connectivity index (χ2v) is 4.77. The van der Waals surface area contributed by atoms with E-state index >= 15 is 0 Å². The van der Waals surface area contributed by atoms with Crippen molar-refractivity contribution in [2.24, 2.45) is 0 Å². The molecule has 0 radical (unpaired) electrons. The third-order valence-electron chi connectivity index (χ3n) is 3.30. The van der Waals surface area contributed by atoms with Crippen molar-refractivity contribution < 1.29 is 13.9 Å². The standard InChI is InChI=1S/C15H16N2O3/c1-10(16-8-12-3-2-6-19-12)11-4-5-14-13(7-11)17-15(18)9-20-14/h2-7,10,16H,8-9H2,1H3,(H,17,18). The van der Waals surface area contributed by atoms with Gasteiger partial charge in [0.1, 0.15) is 11.5 Å². The molecule has 0 bridgehead atoms. The number of nitrogens with one attached hydrogen (secondary N) is 2. The van der Waals surface area contributed by atoms with E-state index in [1.165, 1.54) is 0 Å². The number of carbonyl (C=O) groups is 1. The lowest BCUT2D eigenvalue weighted by Gasteiger charge is -2.20. The van der Waals surface area contributed by atoms with E-state index in [1.54, 1.807) is 6.26 Å². The Balaban J connectivity index is 1.70. The minimum Gasteiger partial charge on any atom is -0.482 e. The van der Waals surface area contributed by atoms with Crippen LogP contribution in [-0.4, -0.2) is 12.5 Å². The third kappa shape index (κ3) is 2.67. The highest BCUT2D eigenvalue weighted by Crippen LogP contribution is 2.30. The van der Waals surface area contributed by atoms with Gasteiger partial charge < -0.3 is 19.8 Å². The van der Waals surface area contributed by atoms with Crippen LogP contribution in [0.1, 0.15) is 24.3 Å². The Bertz CT molecular complexity index is 608. The normalized spacial score (nSPS) is 15.2. The molecule has 0 aliphatic carbocycles. The smallest absolute Gasteiger partial charge is 0.262 e. The summed E-state index contributed by atoms with van der Waals surface area (Å²) >= 11 is 0. The molecule has 0 spiro atoms.